The van der Waals surface area contributed by atoms with Crippen molar-refractivity contribution in [1.82, 2.24) is 10.0 Å². The molecule has 1 fully saturated rings. The van der Waals surface area contributed by atoms with Crippen molar-refractivity contribution in [3.8, 4) is 0 Å². The molecule has 0 saturated carbocycles. The molecule has 1 heterocycles. The molecule has 1 rings (SSSR count). The van der Waals surface area contributed by atoms with E-state index in [9.17, 15) is 13.2 Å². The summed E-state index contributed by atoms with van der Waals surface area (Å²) >= 11 is 0. The van der Waals surface area contributed by atoms with Crippen molar-refractivity contribution in [1.29, 1.82) is 0 Å². The van der Waals surface area contributed by atoms with Crippen LogP contribution in [-0.2, 0) is 14.8 Å². The molecule has 1 saturated heterocycles. The van der Waals surface area contributed by atoms with Gasteiger partial charge in [0.05, 0.1) is 11.8 Å². The number of hydrogen-bond donors (Lipinski definition) is 2. The second-order valence-corrected chi connectivity index (χ2v) is 5.03. The minimum absolute atomic E-state index is 0.0640. The number of carbonyl (C=O) groups is 1. The van der Waals surface area contributed by atoms with E-state index in [2.05, 4.69) is 5.32 Å². The van der Waals surface area contributed by atoms with Gasteiger partial charge < -0.3 is 5.32 Å². The molecule has 0 aromatic carbocycles. The van der Waals surface area contributed by atoms with Crippen LogP contribution in [0.5, 0.6) is 0 Å². The van der Waals surface area contributed by atoms with Gasteiger partial charge in [-0.15, -0.1) is 0 Å². The summed E-state index contributed by atoms with van der Waals surface area (Å²) in [7, 11) is -3.40. The number of nitrogens with one attached hydrogen (secondary N) is 2. The van der Waals surface area contributed by atoms with Crippen molar-refractivity contribution in [2.24, 2.45) is 0 Å². The molecule has 76 valence electrons. The van der Waals surface area contributed by atoms with Crippen molar-refractivity contribution < 1.29 is 13.2 Å². The number of rotatable bonds is 3. The van der Waals surface area contributed by atoms with Crippen LogP contribution in [0, 0.1) is 0 Å². The summed E-state index contributed by atoms with van der Waals surface area (Å²) < 4.78 is 24.0. The van der Waals surface area contributed by atoms with Gasteiger partial charge in [-0.3, -0.25) is 9.52 Å². The van der Waals surface area contributed by atoms with Crippen molar-refractivity contribution in [2.45, 2.75) is 25.8 Å². The minimum Gasteiger partial charge on any atom is -0.306 e. The van der Waals surface area contributed by atoms with Crippen LogP contribution in [0.3, 0.4) is 0 Å². The second kappa shape index (κ2) is 4.06. The summed E-state index contributed by atoms with van der Waals surface area (Å²) in [5, 5.41) is 2.93. The first kappa shape index (κ1) is 10.5. The first-order valence-corrected chi connectivity index (χ1v) is 5.98. The summed E-state index contributed by atoms with van der Waals surface area (Å²) in [6.07, 6.45) is 1.63. The minimum atomic E-state index is -3.40. The lowest BCUT2D eigenvalue weighted by Gasteiger charge is -2.09. The van der Waals surface area contributed by atoms with Crippen LogP contribution in [0.25, 0.3) is 0 Å². The number of amides is 1. The zero-order valence-corrected chi connectivity index (χ0v) is 8.36. The Balaban J connectivity index is 2.49. The summed E-state index contributed by atoms with van der Waals surface area (Å²) in [4.78, 5) is 11.3. The lowest BCUT2D eigenvalue weighted by Crippen LogP contribution is -2.43. The van der Waals surface area contributed by atoms with Crippen molar-refractivity contribution >= 4 is 15.9 Å². The van der Waals surface area contributed by atoms with E-state index in [1.165, 1.54) is 6.92 Å². The van der Waals surface area contributed by atoms with E-state index >= 15 is 0 Å². The molecule has 0 aromatic rings. The second-order valence-electron chi connectivity index (χ2n) is 3.02. The van der Waals surface area contributed by atoms with Gasteiger partial charge in [0.1, 0.15) is 0 Å². The van der Waals surface area contributed by atoms with Gasteiger partial charge in [0.15, 0.2) is 0 Å². The summed E-state index contributed by atoms with van der Waals surface area (Å²) in [6, 6.07) is -0.332. The average molecular weight is 206 g/mol. The zero-order valence-electron chi connectivity index (χ0n) is 7.54. The summed E-state index contributed by atoms with van der Waals surface area (Å²) in [5.41, 5.74) is 0. The van der Waals surface area contributed by atoms with Crippen LogP contribution in [0.1, 0.15) is 19.8 Å². The molecule has 2 N–H and O–H groups in total. The molecule has 1 atom stereocenters. The smallest absolute Gasteiger partial charge is 0.250 e. The Kier molecular flexibility index (Phi) is 3.27. The Hall–Kier alpha value is -0.620. The third-order valence-electron chi connectivity index (χ3n) is 2.01. The fraction of sp³-hybridized carbons (Fsp3) is 0.857. The van der Waals surface area contributed by atoms with Gasteiger partial charge in [-0.2, -0.15) is 0 Å². The van der Waals surface area contributed by atoms with Crippen LogP contribution in [-0.4, -0.2) is 32.7 Å². The Morgan fingerprint density at radius 3 is 2.77 bits per heavy atom. The van der Waals surface area contributed by atoms with Crippen molar-refractivity contribution in [3.05, 3.63) is 0 Å². The van der Waals surface area contributed by atoms with Gasteiger partial charge in [-0.25, -0.2) is 8.42 Å². The molecule has 1 aliphatic rings. The monoisotopic (exact) mass is 206 g/mol. The molecule has 0 aliphatic carbocycles. The largest absolute Gasteiger partial charge is 0.306 e. The summed E-state index contributed by atoms with van der Waals surface area (Å²) in [6.45, 7) is 2.28. The maximum absolute atomic E-state index is 11.3. The molecule has 1 amide bonds. The van der Waals surface area contributed by atoms with Crippen molar-refractivity contribution in [3.63, 3.8) is 0 Å². The first-order valence-electron chi connectivity index (χ1n) is 4.33. The highest BCUT2D eigenvalue weighted by Gasteiger charge is 2.24. The Morgan fingerprint density at radius 1 is 1.62 bits per heavy atom. The van der Waals surface area contributed by atoms with Gasteiger partial charge >= 0.3 is 0 Å². The lowest BCUT2D eigenvalue weighted by molar-refractivity contribution is -0.121. The number of hydrogen-bond acceptors (Lipinski definition) is 4. The van der Waals surface area contributed by atoms with E-state index in [0.717, 1.165) is 13.0 Å². The molecule has 1 aliphatic heterocycles. The Bertz CT molecular complexity index is 280. The van der Waals surface area contributed by atoms with Crippen LogP contribution in [0.2, 0.25) is 0 Å². The first-order chi connectivity index (χ1) is 6.05. The van der Waals surface area contributed by atoms with E-state index in [4.69, 9.17) is 0 Å². The third kappa shape index (κ3) is 2.96. The molecule has 0 unspecified atom stereocenters. The van der Waals surface area contributed by atoms with Crippen LogP contribution in [0.4, 0.5) is 0 Å². The molecule has 0 bridgehead atoms. The quantitative estimate of drug-likeness (QED) is 0.634. The molecule has 5 nitrogen and oxygen atoms in total. The fourth-order valence-corrected chi connectivity index (χ4v) is 1.80. The van der Waals surface area contributed by atoms with E-state index in [1.54, 1.807) is 0 Å². The highest BCUT2D eigenvalue weighted by Crippen LogP contribution is 2.04. The third-order valence-corrected chi connectivity index (χ3v) is 3.29. The highest BCUT2D eigenvalue weighted by atomic mass is 32.2. The molecule has 13 heavy (non-hydrogen) atoms. The topological polar surface area (TPSA) is 75.3 Å². The molecule has 0 spiro atoms. The lowest BCUT2D eigenvalue weighted by atomic mass is 10.2. The van der Waals surface area contributed by atoms with E-state index in [1.807, 2.05) is 4.72 Å². The fourth-order valence-electron chi connectivity index (χ4n) is 1.20. The normalized spacial score (nSPS) is 23.0. The Labute approximate surface area is 77.9 Å². The summed E-state index contributed by atoms with van der Waals surface area (Å²) in [5.74, 6) is -0.495. The van der Waals surface area contributed by atoms with Crippen LogP contribution >= 0.6 is 0 Å². The standard InChI is InChI=1S/C7H14N2O3S/c1-2-13(11,12)9-7(10)6-4-3-5-8-6/h6,8H,2-5H2,1H3,(H,9,10)/t6-/m1/s1. The average Bonchev–Trinajstić information content (AvgIpc) is 2.55. The van der Waals surface area contributed by atoms with Gasteiger partial charge in [0.25, 0.3) is 5.91 Å². The highest BCUT2D eigenvalue weighted by molar-refractivity contribution is 7.90. The molecular formula is C7H14N2O3S. The van der Waals surface area contributed by atoms with E-state index < -0.39 is 15.9 Å². The van der Waals surface area contributed by atoms with Crippen LogP contribution < -0.4 is 10.0 Å². The van der Waals surface area contributed by atoms with E-state index in [0.29, 0.717) is 6.42 Å². The molecule has 6 heteroatoms. The number of carbonyl (C=O) groups excluding carboxylic acids is 1. The SMILES string of the molecule is CCS(=O)(=O)NC(=O)[C@H]1CCCN1. The predicted molar refractivity (Wildman–Crippen MR) is 48.6 cm³/mol. The molecule has 0 radical (unpaired) electrons. The molecular weight excluding hydrogens is 192 g/mol. The molecule has 0 aromatic heterocycles. The Morgan fingerprint density at radius 2 is 2.31 bits per heavy atom. The van der Waals surface area contributed by atoms with E-state index in [-0.39, 0.29) is 11.8 Å². The maximum atomic E-state index is 11.3. The van der Waals surface area contributed by atoms with Gasteiger partial charge in [-0.1, -0.05) is 0 Å². The van der Waals surface area contributed by atoms with Crippen LogP contribution in [0.15, 0.2) is 0 Å². The predicted octanol–water partition coefficient (Wildman–Crippen LogP) is -0.796. The van der Waals surface area contributed by atoms with Gasteiger partial charge in [0, 0.05) is 0 Å². The zero-order chi connectivity index (χ0) is 9.90. The van der Waals surface area contributed by atoms with Crippen molar-refractivity contribution in [2.75, 3.05) is 12.3 Å². The maximum Gasteiger partial charge on any atom is 0.250 e. The van der Waals surface area contributed by atoms with Gasteiger partial charge in [0.2, 0.25) is 10.0 Å². The number of sulfonamides is 1. The van der Waals surface area contributed by atoms with Gasteiger partial charge in [-0.05, 0) is 26.3 Å².